The molecule has 3 N–H and O–H groups in total. The Kier molecular flexibility index (Phi) is 9.70. The van der Waals surface area contributed by atoms with Gasteiger partial charge in [-0.05, 0) is 65.2 Å². The number of ether oxygens (including phenoxy) is 2. The fourth-order valence-corrected chi connectivity index (χ4v) is 3.19. The minimum Gasteiger partial charge on any atom is -0.490 e. The van der Waals surface area contributed by atoms with Gasteiger partial charge in [-0.3, -0.25) is 0 Å². The van der Waals surface area contributed by atoms with E-state index in [1.165, 1.54) is 12.1 Å². The van der Waals surface area contributed by atoms with Gasteiger partial charge in [-0.2, -0.15) is 0 Å². The average molecular weight is 455 g/mol. The lowest BCUT2D eigenvalue weighted by Crippen LogP contribution is -2.31. The van der Waals surface area contributed by atoms with Gasteiger partial charge < -0.3 is 25.2 Å². The van der Waals surface area contributed by atoms with Gasteiger partial charge in [0.05, 0.1) is 17.2 Å². The lowest BCUT2D eigenvalue weighted by molar-refractivity contribution is 0.191. The van der Waals surface area contributed by atoms with Crippen LogP contribution in [0.3, 0.4) is 0 Å². The Morgan fingerprint density at radius 1 is 1.07 bits per heavy atom. The van der Waals surface area contributed by atoms with Crippen LogP contribution in [0.4, 0.5) is 4.39 Å². The predicted molar refractivity (Wildman–Crippen MR) is 112 cm³/mol. The maximum Gasteiger partial charge on any atom is 0.175 e. The summed E-state index contributed by atoms with van der Waals surface area (Å²) in [5, 5.41) is 15.7. The third-order valence-corrected chi connectivity index (χ3v) is 4.50. The van der Waals surface area contributed by atoms with Gasteiger partial charge in [0.15, 0.2) is 11.5 Å². The Labute approximate surface area is 174 Å². The minimum absolute atomic E-state index is 0.266. The van der Waals surface area contributed by atoms with Crippen molar-refractivity contribution in [2.24, 2.45) is 0 Å². The third kappa shape index (κ3) is 7.75. The zero-order valence-electron chi connectivity index (χ0n) is 16.3. The van der Waals surface area contributed by atoms with Gasteiger partial charge in [0.25, 0.3) is 0 Å². The highest BCUT2D eigenvalue weighted by Crippen LogP contribution is 2.37. The van der Waals surface area contributed by atoms with Gasteiger partial charge >= 0.3 is 0 Å². The standard InChI is InChI=1S/C21H28BrFN2O3/c1-3-27-20-11-17(13-25-9-8-24-12-15(2)26)10-19(22)21(20)28-14-16-4-6-18(23)7-5-16/h4-7,10-11,15,24-26H,3,8-9,12-14H2,1-2H3. The molecule has 0 spiro atoms. The highest BCUT2D eigenvalue weighted by Gasteiger charge is 2.13. The first-order valence-electron chi connectivity index (χ1n) is 9.41. The zero-order chi connectivity index (χ0) is 20.4. The number of hydrogen-bond acceptors (Lipinski definition) is 5. The SMILES string of the molecule is CCOc1cc(CNCCNCC(C)O)cc(Br)c1OCc1ccc(F)cc1. The molecule has 154 valence electrons. The largest absolute Gasteiger partial charge is 0.490 e. The number of aliphatic hydroxyl groups excluding tert-OH is 1. The highest BCUT2D eigenvalue weighted by atomic mass is 79.9. The number of hydrogen-bond donors (Lipinski definition) is 3. The smallest absolute Gasteiger partial charge is 0.175 e. The van der Waals surface area contributed by atoms with E-state index in [4.69, 9.17) is 9.47 Å². The summed E-state index contributed by atoms with van der Waals surface area (Å²) < 4.78 is 25.5. The summed E-state index contributed by atoms with van der Waals surface area (Å²) in [4.78, 5) is 0. The normalized spacial score (nSPS) is 12.0. The highest BCUT2D eigenvalue weighted by molar-refractivity contribution is 9.10. The summed E-state index contributed by atoms with van der Waals surface area (Å²) in [7, 11) is 0. The number of halogens is 2. The lowest BCUT2D eigenvalue weighted by Gasteiger charge is -2.16. The third-order valence-electron chi connectivity index (χ3n) is 3.91. The fourth-order valence-electron chi connectivity index (χ4n) is 2.58. The van der Waals surface area contributed by atoms with Crippen LogP contribution in [-0.4, -0.2) is 37.5 Å². The fraction of sp³-hybridized carbons (Fsp3) is 0.429. The van der Waals surface area contributed by atoms with Crippen molar-refractivity contribution in [3.8, 4) is 11.5 Å². The minimum atomic E-state index is -0.341. The van der Waals surface area contributed by atoms with Gasteiger partial charge in [0.1, 0.15) is 12.4 Å². The van der Waals surface area contributed by atoms with E-state index >= 15 is 0 Å². The van der Waals surface area contributed by atoms with Crippen LogP contribution < -0.4 is 20.1 Å². The van der Waals surface area contributed by atoms with Crippen LogP contribution in [0.2, 0.25) is 0 Å². The molecule has 1 unspecified atom stereocenters. The molecule has 0 aliphatic heterocycles. The van der Waals surface area contributed by atoms with Crippen molar-refractivity contribution in [2.45, 2.75) is 33.1 Å². The summed E-state index contributed by atoms with van der Waals surface area (Å²) in [6.07, 6.45) is -0.341. The molecule has 0 bridgehead atoms. The summed E-state index contributed by atoms with van der Waals surface area (Å²) in [5.41, 5.74) is 1.95. The Morgan fingerprint density at radius 2 is 1.79 bits per heavy atom. The molecule has 1 atom stereocenters. The summed E-state index contributed by atoms with van der Waals surface area (Å²) >= 11 is 3.57. The molecule has 0 aliphatic carbocycles. The number of nitrogens with one attached hydrogen (secondary N) is 2. The van der Waals surface area contributed by atoms with Crippen LogP contribution in [0.5, 0.6) is 11.5 Å². The van der Waals surface area contributed by atoms with E-state index in [2.05, 4.69) is 26.6 Å². The summed E-state index contributed by atoms with van der Waals surface area (Å²) in [5.74, 6) is 1.04. The molecule has 0 saturated carbocycles. The molecule has 0 saturated heterocycles. The van der Waals surface area contributed by atoms with Gasteiger partial charge in [0.2, 0.25) is 0 Å². The Morgan fingerprint density at radius 3 is 2.46 bits per heavy atom. The zero-order valence-corrected chi connectivity index (χ0v) is 17.9. The number of benzene rings is 2. The monoisotopic (exact) mass is 454 g/mol. The van der Waals surface area contributed by atoms with Crippen molar-refractivity contribution in [3.05, 3.63) is 57.8 Å². The molecule has 2 aromatic rings. The molecule has 7 heteroatoms. The van der Waals surface area contributed by atoms with E-state index < -0.39 is 0 Å². The Balaban J connectivity index is 1.95. The van der Waals surface area contributed by atoms with Crippen molar-refractivity contribution in [1.29, 1.82) is 0 Å². The van der Waals surface area contributed by atoms with E-state index in [1.807, 2.05) is 19.1 Å². The summed E-state index contributed by atoms with van der Waals surface area (Å²) in [6, 6.07) is 10.2. The van der Waals surface area contributed by atoms with E-state index in [1.54, 1.807) is 19.1 Å². The van der Waals surface area contributed by atoms with Crippen LogP contribution in [0, 0.1) is 5.82 Å². The first kappa shape index (κ1) is 22.6. The van der Waals surface area contributed by atoms with Crippen LogP contribution in [0.15, 0.2) is 40.9 Å². The van der Waals surface area contributed by atoms with Crippen LogP contribution in [0.1, 0.15) is 25.0 Å². The van der Waals surface area contributed by atoms with E-state index in [-0.39, 0.29) is 11.9 Å². The molecular formula is C21H28BrFN2O3. The second-order valence-corrected chi connectivity index (χ2v) is 7.34. The molecule has 0 aromatic heterocycles. The molecule has 0 heterocycles. The maximum atomic E-state index is 13.0. The Bertz CT molecular complexity index is 726. The molecule has 2 aromatic carbocycles. The number of rotatable bonds is 12. The van der Waals surface area contributed by atoms with Gasteiger partial charge in [-0.25, -0.2) is 4.39 Å². The van der Waals surface area contributed by atoms with Crippen molar-refractivity contribution < 1.29 is 19.0 Å². The van der Waals surface area contributed by atoms with Crippen molar-refractivity contribution in [3.63, 3.8) is 0 Å². The van der Waals surface area contributed by atoms with Crippen LogP contribution >= 0.6 is 15.9 Å². The lowest BCUT2D eigenvalue weighted by atomic mass is 10.2. The van der Waals surface area contributed by atoms with Crippen molar-refractivity contribution >= 4 is 15.9 Å². The predicted octanol–water partition coefficient (Wildman–Crippen LogP) is 3.63. The quantitative estimate of drug-likeness (QED) is 0.427. The molecule has 28 heavy (non-hydrogen) atoms. The first-order valence-corrected chi connectivity index (χ1v) is 10.2. The number of aliphatic hydroxyl groups is 1. The second-order valence-electron chi connectivity index (χ2n) is 6.48. The first-order chi connectivity index (χ1) is 13.5. The molecule has 0 aliphatic rings. The maximum absolute atomic E-state index is 13.0. The van der Waals surface area contributed by atoms with Gasteiger partial charge in [-0.1, -0.05) is 12.1 Å². The topological polar surface area (TPSA) is 62.8 Å². The second kappa shape index (κ2) is 12.0. The molecule has 0 radical (unpaired) electrons. The molecule has 0 fully saturated rings. The molecule has 5 nitrogen and oxygen atoms in total. The van der Waals surface area contributed by atoms with Crippen LogP contribution in [0.25, 0.3) is 0 Å². The van der Waals surface area contributed by atoms with E-state index in [9.17, 15) is 9.50 Å². The van der Waals surface area contributed by atoms with E-state index in [0.717, 1.165) is 28.7 Å². The summed E-state index contributed by atoms with van der Waals surface area (Å²) in [6.45, 7) is 7.38. The molecule has 0 amide bonds. The Hall–Kier alpha value is -1.67. The van der Waals surface area contributed by atoms with Gasteiger partial charge in [-0.15, -0.1) is 0 Å². The average Bonchev–Trinajstić information content (AvgIpc) is 2.65. The van der Waals surface area contributed by atoms with Gasteiger partial charge in [0, 0.05) is 26.2 Å². The van der Waals surface area contributed by atoms with Crippen LogP contribution in [-0.2, 0) is 13.2 Å². The van der Waals surface area contributed by atoms with Crippen molar-refractivity contribution in [2.75, 3.05) is 26.2 Å². The van der Waals surface area contributed by atoms with E-state index in [0.29, 0.717) is 37.8 Å². The van der Waals surface area contributed by atoms with Crippen molar-refractivity contribution in [1.82, 2.24) is 10.6 Å². The molecule has 2 rings (SSSR count). The molecular weight excluding hydrogens is 427 g/mol.